The molecule has 0 aliphatic rings. The predicted molar refractivity (Wildman–Crippen MR) is 65.1 cm³/mol. The van der Waals surface area contributed by atoms with Gasteiger partial charge in [-0.25, -0.2) is 14.7 Å². The maximum atomic E-state index is 11.4. The number of furan rings is 1. The Morgan fingerprint density at radius 2 is 2.26 bits per heavy atom. The first-order valence-electron chi connectivity index (χ1n) is 5.09. The van der Waals surface area contributed by atoms with Crippen LogP contribution in [-0.4, -0.2) is 28.3 Å². The first kappa shape index (κ1) is 13.1. The summed E-state index contributed by atoms with van der Waals surface area (Å²) in [7, 11) is 1.25. The van der Waals surface area contributed by atoms with Gasteiger partial charge >= 0.3 is 11.7 Å². The van der Waals surface area contributed by atoms with E-state index in [1.807, 2.05) is 0 Å². The van der Waals surface area contributed by atoms with Crippen LogP contribution < -0.4 is 11.2 Å². The summed E-state index contributed by atoms with van der Waals surface area (Å²) in [6.07, 6.45) is 0. The quantitative estimate of drug-likeness (QED) is 0.604. The molecule has 0 saturated carbocycles. The Labute approximate surface area is 110 Å². The molecular formula is C10H9N3O5S. The van der Waals surface area contributed by atoms with E-state index in [2.05, 4.69) is 19.9 Å². The second-order valence-corrected chi connectivity index (χ2v) is 4.32. The number of methoxy groups -OCH3 is 1. The molecule has 100 valence electrons. The summed E-state index contributed by atoms with van der Waals surface area (Å²) >= 11 is 1.07. The second-order valence-electron chi connectivity index (χ2n) is 3.36. The highest BCUT2D eigenvalue weighted by Gasteiger charge is 2.12. The number of ether oxygens (including phenoxy) is 1. The van der Waals surface area contributed by atoms with Crippen molar-refractivity contribution < 1.29 is 13.9 Å². The van der Waals surface area contributed by atoms with Gasteiger partial charge in [0.1, 0.15) is 5.76 Å². The summed E-state index contributed by atoms with van der Waals surface area (Å²) in [5.74, 6) is 0.287. The number of nitrogens with zero attached hydrogens (tertiary/aromatic N) is 1. The number of aromatic nitrogens is 3. The zero-order chi connectivity index (χ0) is 13.8. The molecule has 0 spiro atoms. The van der Waals surface area contributed by atoms with Gasteiger partial charge in [0.25, 0.3) is 5.56 Å². The minimum absolute atomic E-state index is 0.0847. The zero-order valence-corrected chi connectivity index (χ0v) is 10.6. The van der Waals surface area contributed by atoms with Crippen molar-refractivity contribution in [2.75, 3.05) is 7.11 Å². The fourth-order valence-corrected chi connectivity index (χ4v) is 1.97. The van der Waals surface area contributed by atoms with Gasteiger partial charge in [-0.3, -0.25) is 9.78 Å². The van der Waals surface area contributed by atoms with Crippen LogP contribution in [0.3, 0.4) is 0 Å². The molecule has 0 amide bonds. The summed E-state index contributed by atoms with van der Waals surface area (Å²) in [6, 6.07) is 3.07. The third-order valence-corrected chi connectivity index (χ3v) is 3.06. The number of H-pyrrole nitrogens is 2. The normalized spacial score (nSPS) is 10.4. The highest BCUT2D eigenvalue weighted by molar-refractivity contribution is 7.98. The van der Waals surface area contributed by atoms with Gasteiger partial charge in [0.05, 0.1) is 12.9 Å². The molecule has 0 radical (unpaired) electrons. The van der Waals surface area contributed by atoms with Crippen LogP contribution in [0.1, 0.15) is 16.3 Å². The van der Waals surface area contributed by atoms with Crippen molar-refractivity contribution in [2.45, 2.75) is 10.8 Å². The van der Waals surface area contributed by atoms with Gasteiger partial charge < -0.3 is 9.15 Å². The number of carbonyl (C=O) groups is 1. The molecule has 0 aliphatic heterocycles. The fourth-order valence-electron chi connectivity index (χ4n) is 1.24. The lowest BCUT2D eigenvalue weighted by atomic mass is 10.4. The van der Waals surface area contributed by atoms with E-state index in [-0.39, 0.29) is 10.8 Å². The molecule has 0 aromatic carbocycles. The Morgan fingerprint density at radius 3 is 2.95 bits per heavy atom. The van der Waals surface area contributed by atoms with Crippen LogP contribution >= 0.6 is 11.8 Å². The van der Waals surface area contributed by atoms with Gasteiger partial charge in [0.15, 0.2) is 5.03 Å². The second kappa shape index (κ2) is 5.57. The maximum absolute atomic E-state index is 11.4. The van der Waals surface area contributed by atoms with E-state index in [1.54, 1.807) is 6.07 Å². The molecule has 0 saturated heterocycles. The molecule has 2 rings (SSSR count). The van der Waals surface area contributed by atoms with Crippen LogP contribution in [-0.2, 0) is 10.5 Å². The van der Waals surface area contributed by atoms with Crippen LogP contribution in [0.5, 0.6) is 0 Å². The number of nitrogens with one attached hydrogen (secondary N) is 2. The van der Waals surface area contributed by atoms with Gasteiger partial charge in [-0.1, -0.05) is 11.8 Å². The Bertz CT molecular complexity index is 701. The highest BCUT2D eigenvalue weighted by Crippen LogP contribution is 2.19. The van der Waals surface area contributed by atoms with Crippen molar-refractivity contribution in [3.63, 3.8) is 0 Å². The number of thioether (sulfide) groups is 1. The molecule has 0 atom stereocenters. The number of carbonyl (C=O) groups excluding carboxylic acids is 1. The first-order chi connectivity index (χ1) is 9.10. The van der Waals surface area contributed by atoms with E-state index in [1.165, 1.54) is 13.2 Å². The largest absolute Gasteiger partial charge is 0.463 e. The van der Waals surface area contributed by atoms with Crippen LogP contribution in [0.4, 0.5) is 0 Å². The van der Waals surface area contributed by atoms with Crippen molar-refractivity contribution >= 4 is 17.7 Å². The van der Waals surface area contributed by atoms with E-state index < -0.39 is 17.2 Å². The maximum Gasteiger partial charge on any atom is 0.373 e. The number of hydrogen-bond donors (Lipinski definition) is 2. The third-order valence-electron chi connectivity index (χ3n) is 2.08. The Kier molecular flexibility index (Phi) is 3.85. The standard InChI is InChI=1S/C10H9N3O5S/c1-17-9(15)6-3-2-5(18-6)4-19-8-7(14)11-10(16)13-12-8/h2-3H,4H2,1H3,(H2,11,13,14,16). The summed E-state index contributed by atoms with van der Waals surface area (Å²) in [6.45, 7) is 0. The fraction of sp³-hybridized carbons (Fsp3) is 0.200. The SMILES string of the molecule is COC(=O)c1ccc(CSc2n[nH]c(=O)[nH]c2=O)o1. The Hall–Kier alpha value is -2.29. The zero-order valence-electron chi connectivity index (χ0n) is 9.76. The van der Waals surface area contributed by atoms with Crippen molar-refractivity contribution in [2.24, 2.45) is 0 Å². The number of esters is 1. The van der Waals surface area contributed by atoms with Crippen LogP contribution in [0.2, 0.25) is 0 Å². The lowest BCUT2D eigenvalue weighted by molar-refractivity contribution is 0.0563. The predicted octanol–water partition coefficient (Wildman–Crippen LogP) is 0.130. The molecule has 2 aromatic rings. The van der Waals surface area contributed by atoms with Crippen LogP contribution in [0.15, 0.2) is 31.2 Å². The average molecular weight is 283 g/mol. The Balaban J connectivity index is 2.06. The lowest BCUT2D eigenvalue weighted by Gasteiger charge is -1.96. The van der Waals surface area contributed by atoms with Crippen molar-refractivity contribution in [1.82, 2.24) is 15.2 Å². The van der Waals surface area contributed by atoms with Crippen LogP contribution in [0.25, 0.3) is 0 Å². The molecule has 8 nitrogen and oxygen atoms in total. The highest BCUT2D eigenvalue weighted by atomic mass is 32.2. The number of rotatable bonds is 4. The minimum Gasteiger partial charge on any atom is -0.463 e. The Morgan fingerprint density at radius 1 is 1.47 bits per heavy atom. The lowest BCUT2D eigenvalue weighted by Crippen LogP contribution is -2.24. The first-order valence-corrected chi connectivity index (χ1v) is 6.07. The van der Waals surface area contributed by atoms with Gasteiger partial charge in [0, 0.05) is 0 Å². The van der Waals surface area contributed by atoms with E-state index in [0.717, 1.165) is 11.8 Å². The summed E-state index contributed by atoms with van der Waals surface area (Å²) in [4.78, 5) is 35.3. The van der Waals surface area contributed by atoms with E-state index in [9.17, 15) is 14.4 Å². The molecule has 0 unspecified atom stereocenters. The van der Waals surface area contributed by atoms with Crippen molar-refractivity contribution in [1.29, 1.82) is 0 Å². The molecule has 19 heavy (non-hydrogen) atoms. The van der Waals surface area contributed by atoms with E-state index in [4.69, 9.17) is 4.42 Å². The number of aromatic amines is 2. The van der Waals surface area contributed by atoms with Gasteiger partial charge in [-0.05, 0) is 12.1 Å². The van der Waals surface area contributed by atoms with Crippen molar-refractivity contribution in [3.05, 3.63) is 44.5 Å². The molecule has 2 N–H and O–H groups in total. The average Bonchev–Trinajstić information content (AvgIpc) is 2.85. The molecule has 2 aromatic heterocycles. The van der Waals surface area contributed by atoms with Gasteiger partial charge in [0.2, 0.25) is 5.76 Å². The van der Waals surface area contributed by atoms with Crippen LogP contribution in [0, 0.1) is 0 Å². The topological polar surface area (TPSA) is 118 Å². The summed E-state index contributed by atoms with van der Waals surface area (Å²) in [5, 5.41) is 5.83. The summed E-state index contributed by atoms with van der Waals surface area (Å²) in [5.41, 5.74) is -1.24. The molecule has 0 aliphatic carbocycles. The molecule has 9 heteroatoms. The summed E-state index contributed by atoms with van der Waals surface area (Å²) < 4.78 is 9.71. The van der Waals surface area contributed by atoms with E-state index >= 15 is 0 Å². The van der Waals surface area contributed by atoms with Crippen molar-refractivity contribution in [3.8, 4) is 0 Å². The molecular weight excluding hydrogens is 274 g/mol. The van der Waals surface area contributed by atoms with Gasteiger partial charge in [-0.15, -0.1) is 0 Å². The molecule has 2 heterocycles. The monoisotopic (exact) mass is 283 g/mol. The number of hydrogen-bond acceptors (Lipinski definition) is 7. The molecule has 0 fully saturated rings. The minimum atomic E-state index is -0.666. The molecule has 0 bridgehead atoms. The van der Waals surface area contributed by atoms with Gasteiger partial charge in [-0.2, -0.15) is 5.10 Å². The van der Waals surface area contributed by atoms with E-state index in [0.29, 0.717) is 11.5 Å². The third kappa shape index (κ3) is 3.13. The smallest absolute Gasteiger partial charge is 0.373 e.